The summed E-state index contributed by atoms with van der Waals surface area (Å²) in [6.07, 6.45) is 3.85. The summed E-state index contributed by atoms with van der Waals surface area (Å²) in [7, 11) is 0. The monoisotopic (exact) mass is 203 g/mol. The Morgan fingerprint density at radius 2 is 2.13 bits per heavy atom. The Morgan fingerprint density at radius 1 is 1.33 bits per heavy atom. The lowest BCUT2D eigenvalue weighted by Crippen LogP contribution is -2.18. The predicted molar refractivity (Wildman–Crippen MR) is 58.4 cm³/mol. The van der Waals surface area contributed by atoms with Gasteiger partial charge in [0.2, 0.25) is 0 Å². The summed E-state index contributed by atoms with van der Waals surface area (Å²) in [6.45, 7) is 0. The molecule has 0 amide bonds. The van der Waals surface area contributed by atoms with Gasteiger partial charge in [-0.3, -0.25) is 4.79 Å². The molecule has 78 valence electrons. The number of hydrogen-bond acceptors (Lipinski definition) is 2. The lowest BCUT2D eigenvalue weighted by atomic mass is 10.1. The third kappa shape index (κ3) is 2.94. The second-order valence-corrected chi connectivity index (χ2v) is 3.58. The van der Waals surface area contributed by atoms with Gasteiger partial charge in [-0.2, -0.15) is 0 Å². The van der Waals surface area contributed by atoms with Crippen LogP contribution in [0, 0.1) is 0 Å². The summed E-state index contributed by atoms with van der Waals surface area (Å²) in [5, 5.41) is 0. The van der Waals surface area contributed by atoms with Gasteiger partial charge >= 0.3 is 5.97 Å². The van der Waals surface area contributed by atoms with Crippen molar-refractivity contribution in [1.82, 2.24) is 0 Å². The van der Waals surface area contributed by atoms with Crippen LogP contribution in [0.5, 0.6) is 0 Å². The van der Waals surface area contributed by atoms with Crippen molar-refractivity contribution < 1.29 is 10.9 Å². The molecule has 0 aromatic heterocycles. The highest BCUT2D eigenvalue weighted by Crippen LogP contribution is 2.13. The van der Waals surface area contributed by atoms with Crippen molar-refractivity contribution in [2.24, 2.45) is 0 Å². The minimum Gasteiger partial charge on any atom is -0.461 e. The number of cyclic esters (lactones) is 1. The largest absolute Gasteiger partial charge is 0.461 e. The molecule has 2 nitrogen and oxygen atoms in total. The van der Waals surface area contributed by atoms with Crippen LogP contribution in [0.3, 0.4) is 0 Å². The molecule has 0 aliphatic carbocycles. The summed E-state index contributed by atoms with van der Waals surface area (Å²) < 4.78 is 12.7. The second kappa shape index (κ2) is 4.78. The molecule has 2 atom stereocenters. The quantitative estimate of drug-likeness (QED) is 0.545. The third-order valence-corrected chi connectivity index (χ3v) is 2.36. The molecule has 2 rings (SSSR count). The van der Waals surface area contributed by atoms with Gasteiger partial charge in [-0.05, 0) is 5.56 Å². The molecular weight excluding hydrogens is 188 g/mol. The van der Waals surface area contributed by atoms with Crippen LogP contribution in [0.2, 0.25) is 0 Å². The Kier molecular flexibility index (Phi) is 2.78. The van der Waals surface area contributed by atoms with E-state index in [4.69, 9.17) is 6.11 Å². The Balaban J connectivity index is 2.01. The second-order valence-electron chi connectivity index (χ2n) is 3.58. The van der Waals surface area contributed by atoms with Gasteiger partial charge in [0.15, 0.2) is 0 Å². The maximum atomic E-state index is 11.4. The van der Waals surface area contributed by atoms with Crippen LogP contribution in [0.1, 0.15) is 19.8 Å². The molecule has 2 unspecified atom stereocenters. The maximum Gasteiger partial charge on any atom is 0.309 e. The number of carbonyl (C=O) groups is 1. The molecule has 0 bridgehead atoms. The highest BCUT2D eigenvalue weighted by Gasteiger charge is 2.15. The standard InChI is InChI=1S/C13H14O2/c14-13-9-5-4-8-12(15-13)10-11-6-2-1-3-7-11/h1-7,12H,8-10H2/i9D. The topological polar surface area (TPSA) is 26.3 Å². The molecule has 0 fully saturated rings. The van der Waals surface area contributed by atoms with Crippen molar-refractivity contribution in [2.45, 2.75) is 25.3 Å². The van der Waals surface area contributed by atoms with Gasteiger partial charge in [0.1, 0.15) is 6.10 Å². The predicted octanol–water partition coefficient (Wildman–Crippen LogP) is 2.49. The van der Waals surface area contributed by atoms with Crippen molar-refractivity contribution in [3.8, 4) is 0 Å². The normalized spacial score (nSPS) is 26.7. The average molecular weight is 203 g/mol. The average Bonchev–Trinajstić information content (AvgIpc) is 2.43. The van der Waals surface area contributed by atoms with Crippen LogP contribution in [0.15, 0.2) is 42.5 Å². The molecular formula is C13H14O2. The van der Waals surface area contributed by atoms with E-state index in [-0.39, 0.29) is 6.10 Å². The molecule has 15 heavy (non-hydrogen) atoms. The molecule has 0 N–H and O–H groups in total. The molecule has 1 aliphatic rings. The molecule has 1 aliphatic heterocycles. The zero-order valence-corrected chi connectivity index (χ0v) is 8.43. The van der Waals surface area contributed by atoms with Gasteiger partial charge in [0, 0.05) is 14.2 Å². The van der Waals surface area contributed by atoms with Crippen LogP contribution >= 0.6 is 0 Å². The Hall–Kier alpha value is -1.57. The van der Waals surface area contributed by atoms with Crippen LogP contribution in [-0.4, -0.2) is 12.1 Å². The van der Waals surface area contributed by atoms with Crippen LogP contribution < -0.4 is 0 Å². The summed E-state index contributed by atoms with van der Waals surface area (Å²) >= 11 is 0. The van der Waals surface area contributed by atoms with Crippen molar-refractivity contribution in [1.29, 1.82) is 0 Å². The van der Waals surface area contributed by atoms with E-state index < -0.39 is 12.4 Å². The summed E-state index contributed by atoms with van der Waals surface area (Å²) in [5.41, 5.74) is 1.15. The van der Waals surface area contributed by atoms with E-state index in [2.05, 4.69) is 0 Å². The first-order valence-electron chi connectivity index (χ1n) is 5.67. The molecule has 0 radical (unpaired) electrons. The fourth-order valence-corrected chi connectivity index (χ4v) is 1.63. The first kappa shape index (κ1) is 8.72. The van der Waals surface area contributed by atoms with Crippen LogP contribution in [0.25, 0.3) is 0 Å². The Bertz CT molecular complexity index is 386. The third-order valence-electron chi connectivity index (χ3n) is 2.36. The van der Waals surface area contributed by atoms with Gasteiger partial charge < -0.3 is 4.74 Å². The summed E-state index contributed by atoms with van der Waals surface area (Å²) in [5.74, 6) is -0.449. The van der Waals surface area contributed by atoms with Gasteiger partial charge in [0.25, 0.3) is 0 Å². The Labute approximate surface area is 91.0 Å². The van der Waals surface area contributed by atoms with Crippen LogP contribution in [0.4, 0.5) is 0 Å². The molecule has 0 saturated heterocycles. The number of esters is 1. The number of ether oxygens (including phenoxy) is 1. The van der Waals surface area contributed by atoms with Crippen molar-refractivity contribution >= 4 is 5.97 Å². The lowest BCUT2D eigenvalue weighted by Gasteiger charge is -2.14. The van der Waals surface area contributed by atoms with E-state index >= 15 is 0 Å². The van der Waals surface area contributed by atoms with E-state index in [9.17, 15) is 4.79 Å². The SMILES string of the molecule is [2H]C1C=CCC(Cc2ccccc2)OC1=O. The zero-order chi connectivity index (χ0) is 11.4. The molecule has 2 heteroatoms. The van der Waals surface area contributed by atoms with Crippen molar-refractivity contribution in [3.63, 3.8) is 0 Å². The first-order chi connectivity index (χ1) is 7.75. The van der Waals surface area contributed by atoms with Gasteiger partial charge in [-0.1, -0.05) is 42.5 Å². The fourth-order valence-electron chi connectivity index (χ4n) is 1.63. The molecule has 1 aromatic rings. The minimum absolute atomic E-state index is 0.138. The molecule has 0 spiro atoms. The fraction of sp³-hybridized carbons (Fsp3) is 0.308. The summed E-state index contributed by atoms with van der Waals surface area (Å²) in [4.78, 5) is 11.4. The molecule has 1 aromatic carbocycles. The number of carbonyl (C=O) groups excluding carboxylic acids is 1. The maximum absolute atomic E-state index is 11.4. The Morgan fingerprint density at radius 3 is 2.93 bits per heavy atom. The van der Waals surface area contributed by atoms with Gasteiger partial charge in [0.05, 0.1) is 6.40 Å². The van der Waals surface area contributed by atoms with E-state index in [0.29, 0.717) is 12.8 Å². The first-order valence-corrected chi connectivity index (χ1v) is 5.09. The molecule has 0 saturated carbocycles. The van der Waals surface area contributed by atoms with Crippen LogP contribution in [-0.2, 0) is 16.0 Å². The summed E-state index contributed by atoms with van der Waals surface area (Å²) in [6, 6.07) is 9.93. The number of benzene rings is 1. The van der Waals surface area contributed by atoms with Crippen molar-refractivity contribution in [2.75, 3.05) is 0 Å². The van der Waals surface area contributed by atoms with Gasteiger partial charge in [-0.25, -0.2) is 0 Å². The molecule has 1 heterocycles. The minimum atomic E-state index is -0.860. The zero-order valence-electron chi connectivity index (χ0n) is 9.43. The lowest BCUT2D eigenvalue weighted by molar-refractivity contribution is -0.147. The van der Waals surface area contributed by atoms with Crippen molar-refractivity contribution in [3.05, 3.63) is 48.0 Å². The van der Waals surface area contributed by atoms with E-state index in [0.717, 1.165) is 5.56 Å². The smallest absolute Gasteiger partial charge is 0.309 e. The number of hydrogen-bond donors (Lipinski definition) is 0. The highest BCUT2D eigenvalue weighted by molar-refractivity contribution is 5.71. The van der Waals surface area contributed by atoms with Gasteiger partial charge in [-0.15, -0.1) is 0 Å². The van der Waals surface area contributed by atoms with E-state index in [1.807, 2.05) is 36.4 Å². The van der Waals surface area contributed by atoms with E-state index in [1.54, 1.807) is 6.08 Å². The highest BCUT2D eigenvalue weighted by atomic mass is 16.5. The van der Waals surface area contributed by atoms with E-state index in [1.165, 1.54) is 0 Å². The number of rotatable bonds is 2.